The van der Waals surface area contributed by atoms with Crippen LogP contribution in [0.4, 0.5) is 4.39 Å². The quantitative estimate of drug-likeness (QED) is 0.875. The number of H-pyrrole nitrogens is 1. The first-order chi connectivity index (χ1) is 8.52. The third-order valence-corrected chi connectivity index (χ3v) is 2.55. The number of ether oxygens (including phenoxy) is 1. The summed E-state index contributed by atoms with van der Waals surface area (Å²) in [5.74, 6) is -1.43. The van der Waals surface area contributed by atoms with Crippen molar-refractivity contribution in [1.82, 2.24) is 10.2 Å². The second kappa shape index (κ2) is 4.48. The number of benzene rings is 1. The van der Waals surface area contributed by atoms with E-state index in [0.29, 0.717) is 16.8 Å². The molecule has 0 aliphatic heterocycles. The average Bonchev–Trinajstić information content (AvgIpc) is 2.82. The van der Waals surface area contributed by atoms with E-state index in [1.165, 1.54) is 19.2 Å². The van der Waals surface area contributed by atoms with Gasteiger partial charge >= 0.3 is 5.97 Å². The Kier molecular flexibility index (Phi) is 3.01. The second-order valence-electron chi connectivity index (χ2n) is 3.78. The number of hydrogen-bond acceptors (Lipinski definition) is 3. The topological polar surface area (TPSA) is 75.2 Å². The van der Waals surface area contributed by atoms with E-state index in [-0.39, 0.29) is 11.4 Å². The Morgan fingerprint density at radius 3 is 2.72 bits per heavy atom. The van der Waals surface area contributed by atoms with Crippen LogP contribution in [0.25, 0.3) is 11.3 Å². The van der Waals surface area contributed by atoms with Crippen LogP contribution in [0.3, 0.4) is 0 Å². The first-order valence-corrected chi connectivity index (χ1v) is 5.16. The van der Waals surface area contributed by atoms with Crippen molar-refractivity contribution in [3.8, 4) is 17.0 Å². The number of nitrogens with one attached hydrogen (secondary N) is 1. The standard InChI is InChI=1S/C12H11FN2O3/c1-6-3-7(4-10(18-2)11(6)13)8-5-9(12(16)17)15-14-8/h3-5H,1-2H3,(H,14,15)(H,16,17). The molecule has 2 rings (SSSR count). The van der Waals surface area contributed by atoms with Crippen molar-refractivity contribution in [1.29, 1.82) is 0 Å². The Balaban J connectivity index is 2.50. The van der Waals surface area contributed by atoms with E-state index in [9.17, 15) is 9.18 Å². The SMILES string of the molecule is COc1cc(-c2cc(C(=O)O)[nH]n2)cc(C)c1F. The molecule has 0 amide bonds. The predicted octanol–water partition coefficient (Wildman–Crippen LogP) is 2.23. The molecule has 94 valence electrons. The van der Waals surface area contributed by atoms with Crippen LogP contribution in [0.5, 0.6) is 5.75 Å². The van der Waals surface area contributed by atoms with Gasteiger partial charge in [-0.05, 0) is 30.7 Å². The lowest BCUT2D eigenvalue weighted by molar-refractivity contribution is 0.0690. The largest absolute Gasteiger partial charge is 0.494 e. The number of carbonyl (C=O) groups is 1. The first-order valence-electron chi connectivity index (χ1n) is 5.16. The summed E-state index contributed by atoms with van der Waals surface area (Å²) in [5.41, 5.74) is 1.40. The summed E-state index contributed by atoms with van der Waals surface area (Å²) in [6.45, 7) is 1.60. The number of carboxylic acid groups (broad SMARTS) is 1. The molecule has 0 unspecified atom stereocenters. The Morgan fingerprint density at radius 2 is 2.17 bits per heavy atom. The van der Waals surface area contributed by atoms with Crippen molar-refractivity contribution in [2.24, 2.45) is 0 Å². The summed E-state index contributed by atoms with van der Waals surface area (Å²) >= 11 is 0. The number of aryl methyl sites for hydroxylation is 1. The number of carboxylic acids is 1. The van der Waals surface area contributed by atoms with Crippen molar-refractivity contribution in [2.45, 2.75) is 6.92 Å². The molecule has 1 aromatic carbocycles. The Morgan fingerprint density at radius 1 is 1.44 bits per heavy atom. The van der Waals surface area contributed by atoms with E-state index >= 15 is 0 Å². The van der Waals surface area contributed by atoms with Crippen molar-refractivity contribution >= 4 is 5.97 Å². The minimum atomic E-state index is -1.10. The highest BCUT2D eigenvalue weighted by Crippen LogP contribution is 2.28. The molecule has 0 spiro atoms. The normalized spacial score (nSPS) is 10.4. The molecule has 0 saturated carbocycles. The smallest absolute Gasteiger partial charge is 0.353 e. The molecule has 0 atom stereocenters. The lowest BCUT2D eigenvalue weighted by atomic mass is 10.1. The van der Waals surface area contributed by atoms with Gasteiger partial charge in [0.1, 0.15) is 5.69 Å². The number of aromatic nitrogens is 2. The van der Waals surface area contributed by atoms with Crippen molar-refractivity contribution in [3.05, 3.63) is 35.3 Å². The summed E-state index contributed by atoms with van der Waals surface area (Å²) in [5, 5.41) is 15.0. The van der Waals surface area contributed by atoms with Gasteiger partial charge in [-0.3, -0.25) is 5.10 Å². The van der Waals surface area contributed by atoms with Crippen LogP contribution in [0, 0.1) is 12.7 Å². The summed E-state index contributed by atoms with van der Waals surface area (Å²) < 4.78 is 18.5. The molecule has 2 N–H and O–H groups in total. The third-order valence-electron chi connectivity index (χ3n) is 2.55. The Labute approximate surface area is 102 Å². The van der Waals surface area contributed by atoms with Gasteiger partial charge in [-0.25, -0.2) is 9.18 Å². The van der Waals surface area contributed by atoms with E-state index in [2.05, 4.69) is 10.2 Å². The van der Waals surface area contributed by atoms with Crippen LogP contribution in [-0.2, 0) is 0 Å². The highest BCUT2D eigenvalue weighted by atomic mass is 19.1. The number of halogens is 1. The van der Waals surface area contributed by atoms with Gasteiger partial charge in [0.15, 0.2) is 11.6 Å². The summed E-state index contributed by atoms with van der Waals surface area (Å²) in [6, 6.07) is 4.44. The summed E-state index contributed by atoms with van der Waals surface area (Å²) in [4.78, 5) is 10.7. The fraction of sp³-hybridized carbons (Fsp3) is 0.167. The molecule has 5 nitrogen and oxygen atoms in total. The number of hydrogen-bond donors (Lipinski definition) is 2. The second-order valence-corrected chi connectivity index (χ2v) is 3.78. The maximum Gasteiger partial charge on any atom is 0.353 e. The molecular weight excluding hydrogens is 239 g/mol. The monoisotopic (exact) mass is 250 g/mol. The van der Waals surface area contributed by atoms with Gasteiger partial charge in [0.2, 0.25) is 0 Å². The molecule has 0 radical (unpaired) electrons. The van der Waals surface area contributed by atoms with Gasteiger partial charge in [0.05, 0.1) is 12.8 Å². The number of rotatable bonds is 3. The minimum absolute atomic E-state index is 0.0223. The minimum Gasteiger partial charge on any atom is -0.494 e. The molecule has 2 aromatic rings. The zero-order valence-electron chi connectivity index (χ0n) is 9.82. The summed E-state index contributed by atoms with van der Waals surface area (Å²) in [6.07, 6.45) is 0. The third kappa shape index (κ3) is 2.04. The molecule has 0 fully saturated rings. The number of methoxy groups -OCH3 is 1. The Hall–Kier alpha value is -2.37. The van der Waals surface area contributed by atoms with Gasteiger partial charge in [-0.2, -0.15) is 5.10 Å². The molecule has 0 bridgehead atoms. The zero-order valence-corrected chi connectivity index (χ0v) is 9.82. The van der Waals surface area contributed by atoms with Crippen molar-refractivity contribution < 1.29 is 19.0 Å². The molecule has 18 heavy (non-hydrogen) atoms. The van der Waals surface area contributed by atoms with E-state index in [1.807, 2.05) is 0 Å². The fourth-order valence-electron chi connectivity index (χ4n) is 1.61. The number of aromatic carboxylic acids is 1. The molecule has 1 heterocycles. The first kappa shape index (κ1) is 12.1. The highest BCUT2D eigenvalue weighted by Gasteiger charge is 2.13. The molecular formula is C12H11FN2O3. The van der Waals surface area contributed by atoms with Crippen LogP contribution in [0.1, 0.15) is 16.1 Å². The van der Waals surface area contributed by atoms with Crippen LogP contribution in [-0.4, -0.2) is 28.4 Å². The maximum absolute atomic E-state index is 13.6. The van der Waals surface area contributed by atoms with Crippen LogP contribution in [0.2, 0.25) is 0 Å². The molecule has 0 aliphatic carbocycles. The van der Waals surface area contributed by atoms with E-state index in [4.69, 9.17) is 9.84 Å². The maximum atomic E-state index is 13.6. The number of nitrogens with zero attached hydrogens (tertiary/aromatic N) is 1. The fourth-order valence-corrected chi connectivity index (χ4v) is 1.61. The highest BCUT2D eigenvalue weighted by molar-refractivity contribution is 5.86. The van der Waals surface area contributed by atoms with Crippen LogP contribution in [0.15, 0.2) is 18.2 Å². The molecule has 6 heteroatoms. The van der Waals surface area contributed by atoms with Gasteiger partial charge in [0.25, 0.3) is 0 Å². The lowest BCUT2D eigenvalue weighted by Gasteiger charge is -2.06. The van der Waals surface area contributed by atoms with Gasteiger partial charge in [-0.1, -0.05) is 0 Å². The van der Waals surface area contributed by atoms with Crippen LogP contribution >= 0.6 is 0 Å². The number of aromatic amines is 1. The van der Waals surface area contributed by atoms with Gasteiger partial charge < -0.3 is 9.84 Å². The average molecular weight is 250 g/mol. The van der Waals surface area contributed by atoms with Crippen molar-refractivity contribution in [3.63, 3.8) is 0 Å². The van der Waals surface area contributed by atoms with Gasteiger partial charge in [0, 0.05) is 5.56 Å². The van der Waals surface area contributed by atoms with E-state index < -0.39 is 11.8 Å². The predicted molar refractivity (Wildman–Crippen MR) is 62.2 cm³/mol. The van der Waals surface area contributed by atoms with Crippen molar-refractivity contribution in [2.75, 3.05) is 7.11 Å². The summed E-state index contributed by atoms with van der Waals surface area (Å²) in [7, 11) is 1.37. The van der Waals surface area contributed by atoms with E-state index in [0.717, 1.165) is 0 Å². The van der Waals surface area contributed by atoms with Gasteiger partial charge in [-0.15, -0.1) is 0 Å². The Bertz CT molecular complexity index is 607. The lowest BCUT2D eigenvalue weighted by Crippen LogP contribution is -1.95. The van der Waals surface area contributed by atoms with Crippen LogP contribution < -0.4 is 4.74 Å². The molecule has 0 aliphatic rings. The molecule has 1 aromatic heterocycles. The zero-order chi connectivity index (χ0) is 13.3. The van der Waals surface area contributed by atoms with E-state index in [1.54, 1.807) is 13.0 Å². The molecule has 0 saturated heterocycles.